The second-order valence-corrected chi connectivity index (χ2v) is 7.34. The molecule has 0 aliphatic heterocycles. The normalized spacial score (nSPS) is 16.2. The summed E-state index contributed by atoms with van der Waals surface area (Å²) in [6.07, 6.45) is -4.36. The molecule has 19 heavy (non-hydrogen) atoms. The van der Waals surface area contributed by atoms with Crippen molar-refractivity contribution in [1.82, 2.24) is 4.72 Å². The van der Waals surface area contributed by atoms with E-state index in [2.05, 4.69) is 4.72 Å². The molecule has 1 aromatic rings. The minimum atomic E-state index is -4.36. The number of rotatable bonds is 3. The second kappa shape index (κ2) is 5.73. The van der Waals surface area contributed by atoms with Gasteiger partial charge in [-0.2, -0.15) is 13.2 Å². The summed E-state index contributed by atoms with van der Waals surface area (Å²) in [5.41, 5.74) is -0.229. The third-order valence-corrected chi connectivity index (χ3v) is 4.23. The van der Waals surface area contributed by atoms with Crippen LogP contribution < -0.4 is 4.72 Å². The quantitative estimate of drug-likeness (QED) is 0.860. The molecule has 2 atom stereocenters. The Labute approximate surface area is 114 Å². The highest BCUT2D eigenvalue weighted by Crippen LogP contribution is 2.31. The molecule has 0 aromatic heterocycles. The predicted molar refractivity (Wildman–Crippen MR) is 70.9 cm³/mol. The molecule has 108 valence electrons. The average Bonchev–Trinajstić information content (AvgIpc) is 2.26. The van der Waals surface area contributed by atoms with Crippen LogP contribution in [0.25, 0.3) is 0 Å². The fourth-order valence-corrected chi connectivity index (χ4v) is 2.20. The lowest BCUT2D eigenvalue weighted by Crippen LogP contribution is -2.40. The molecule has 0 aliphatic carbocycles. The topological polar surface area (TPSA) is 35.1 Å². The van der Waals surface area contributed by atoms with Crippen LogP contribution in [0.3, 0.4) is 0 Å². The molecule has 6 heteroatoms. The number of hydrogen-bond donors (Lipinski definition) is 1. The Kier molecular flexibility index (Phi) is 4.92. The molecule has 0 aliphatic rings. The van der Waals surface area contributed by atoms with Gasteiger partial charge in [0.15, 0.2) is 0 Å². The Morgan fingerprint density at radius 3 is 2.26 bits per heavy atom. The molecule has 1 rings (SSSR count). The molecule has 0 saturated heterocycles. The van der Waals surface area contributed by atoms with Crippen molar-refractivity contribution in [2.75, 3.05) is 0 Å². The first kappa shape index (κ1) is 16.3. The van der Waals surface area contributed by atoms with E-state index < -0.39 is 33.9 Å². The third kappa shape index (κ3) is 4.71. The Morgan fingerprint density at radius 1 is 1.21 bits per heavy atom. The summed E-state index contributed by atoms with van der Waals surface area (Å²) in [6, 6.07) is 4.64. The van der Waals surface area contributed by atoms with Crippen LogP contribution in [0.15, 0.2) is 24.3 Å². The predicted octanol–water partition coefficient (Wildman–Crippen LogP) is 3.82. The zero-order valence-electron chi connectivity index (χ0n) is 11.3. The van der Waals surface area contributed by atoms with Gasteiger partial charge in [0, 0.05) is 11.4 Å². The molecular weight excluding hydrogens is 275 g/mol. The molecule has 0 spiro atoms. The van der Waals surface area contributed by atoms with Gasteiger partial charge in [-0.3, -0.25) is 0 Å². The van der Waals surface area contributed by atoms with Gasteiger partial charge < -0.3 is 4.55 Å². The zero-order chi connectivity index (χ0) is 14.8. The maximum Gasteiger partial charge on any atom is 0.416 e. The van der Waals surface area contributed by atoms with Crippen LogP contribution >= 0.6 is 0 Å². The van der Waals surface area contributed by atoms with E-state index in [1.54, 1.807) is 33.8 Å². The number of halogens is 3. The van der Waals surface area contributed by atoms with Crippen molar-refractivity contribution in [2.24, 2.45) is 0 Å². The van der Waals surface area contributed by atoms with Crippen LogP contribution in [0.5, 0.6) is 0 Å². The van der Waals surface area contributed by atoms with Crippen molar-refractivity contribution in [3.05, 3.63) is 35.4 Å². The molecule has 0 bridgehead atoms. The van der Waals surface area contributed by atoms with Gasteiger partial charge in [0.2, 0.25) is 0 Å². The molecule has 2 nitrogen and oxygen atoms in total. The molecule has 0 saturated carbocycles. The van der Waals surface area contributed by atoms with E-state index in [1.807, 2.05) is 0 Å². The highest BCUT2D eigenvalue weighted by Gasteiger charge is 2.32. The summed E-state index contributed by atoms with van der Waals surface area (Å²) >= 11 is -1.33. The fourth-order valence-electron chi connectivity index (χ4n) is 1.39. The van der Waals surface area contributed by atoms with Gasteiger partial charge in [0.25, 0.3) is 0 Å². The van der Waals surface area contributed by atoms with Crippen molar-refractivity contribution >= 4 is 11.4 Å². The third-order valence-electron chi connectivity index (χ3n) is 2.55. The molecule has 2 unspecified atom stereocenters. The van der Waals surface area contributed by atoms with Crippen molar-refractivity contribution in [1.29, 1.82) is 0 Å². The lowest BCUT2D eigenvalue weighted by Gasteiger charge is -2.26. The van der Waals surface area contributed by atoms with Gasteiger partial charge in [-0.1, -0.05) is 12.1 Å². The number of nitrogens with one attached hydrogen (secondary N) is 1. The van der Waals surface area contributed by atoms with Crippen molar-refractivity contribution in [3.63, 3.8) is 0 Å². The highest BCUT2D eigenvalue weighted by molar-refractivity contribution is 7.90. The van der Waals surface area contributed by atoms with E-state index in [1.165, 1.54) is 6.07 Å². The molecular formula is C13H18F3NOS. The summed E-state index contributed by atoms with van der Waals surface area (Å²) in [5, 5.41) is 0. The molecule has 0 amide bonds. The molecule has 1 N–H and O–H groups in total. The van der Waals surface area contributed by atoms with E-state index in [-0.39, 0.29) is 0 Å². The maximum atomic E-state index is 12.6. The first-order chi connectivity index (χ1) is 8.51. The lowest BCUT2D eigenvalue weighted by molar-refractivity contribution is -0.137. The minimum Gasteiger partial charge on any atom is -0.598 e. The Bertz CT molecular complexity index is 429. The van der Waals surface area contributed by atoms with Gasteiger partial charge in [0.05, 0.1) is 11.6 Å². The molecule has 0 radical (unpaired) electrons. The van der Waals surface area contributed by atoms with Crippen LogP contribution in [-0.2, 0) is 17.5 Å². The monoisotopic (exact) mass is 293 g/mol. The summed E-state index contributed by atoms with van der Waals surface area (Å²) in [7, 11) is 0. The zero-order valence-corrected chi connectivity index (χ0v) is 12.2. The van der Waals surface area contributed by atoms with Gasteiger partial charge >= 0.3 is 6.18 Å². The summed E-state index contributed by atoms with van der Waals surface area (Å²) in [4.78, 5) is 0. The summed E-state index contributed by atoms with van der Waals surface area (Å²) in [6.45, 7) is 7.10. The Hall–Kier alpha value is -0.720. The van der Waals surface area contributed by atoms with Crippen molar-refractivity contribution < 1.29 is 17.7 Å². The van der Waals surface area contributed by atoms with E-state index in [0.717, 1.165) is 12.1 Å². The van der Waals surface area contributed by atoms with Gasteiger partial charge in [0.1, 0.15) is 4.75 Å². The van der Waals surface area contributed by atoms with E-state index in [9.17, 15) is 17.7 Å². The van der Waals surface area contributed by atoms with E-state index in [4.69, 9.17) is 0 Å². The van der Waals surface area contributed by atoms with Crippen LogP contribution in [0, 0.1) is 0 Å². The van der Waals surface area contributed by atoms with E-state index in [0.29, 0.717) is 5.56 Å². The van der Waals surface area contributed by atoms with E-state index >= 15 is 0 Å². The smallest absolute Gasteiger partial charge is 0.416 e. The molecule has 0 fully saturated rings. The standard InChI is InChI=1S/C13H18F3NOS/c1-9(17-19(18)12(2,3)4)10-6-5-7-11(8-10)13(14,15)16/h5-9,17H,1-4H3. The van der Waals surface area contributed by atoms with Gasteiger partial charge in [-0.05, 0) is 45.4 Å². The van der Waals surface area contributed by atoms with Gasteiger partial charge in [-0.15, -0.1) is 4.72 Å². The lowest BCUT2D eigenvalue weighted by atomic mass is 10.1. The number of alkyl halides is 3. The van der Waals surface area contributed by atoms with Crippen LogP contribution in [-0.4, -0.2) is 9.30 Å². The largest absolute Gasteiger partial charge is 0.598 e. The Morgan fingerprint density at radius 2 is 1.79 bits per heavy atom. The van der Waals surface area contributed by atoms with Gasteiger partial charge in [-0.25, -0.2) is 0 Å². The fraction of sp³-hybridized carbons (Fsp3) is 0.538. The number of hydrogen-bond acceptors (Lipinski definition) is 2. The maximum absolute atomic E-state index is 12.6. The Balaban J connectivity index is 2.86. The van der Waals surface area contributed by atoms with Crippen molar-refractivity contribution in [3.8, 4) is 0 Å². The highest BCUT2D eigenvalue weighted by atomic mass is 32.2. The van der Waals surface area contributed by atoms with Crippen LogP contribution in [0.1, 0.15) is 44.9 Å². The second-order valence-electron chi connectivity index (χ2n) is 5.34. The molecule has 0 heterocycles. The van der Waals surface area contributed by atoms with Crippen molar-refractivity contribution in [2.45, 2.75) is 44.7 Å². The average molecular weight is 293 g/mol. The van der Waals surface area contributed by atoms with Crippen LogP contribution in [0.4, 0.5) is 13.2 Å². The summed E-state index contributed by atoms with van der Waals surface area (Å²) in [5.74, 6) is 0. The number of benzene rings is 1. The first-order valence-electron chi connectivity index (χ1n) is 5.87. The SMILES string of the molecule is CC(N[S+]([O-])C(C)(C)C)c1cccc(C(F)(F)F)c1. The first-order valence-corrected chi connectivity index (χ1v) is 7.02. The molecule has 1 aromatic carbocycles. The minimum absolute atomic E-state index is 0.414. The summed E-state index contributed by atoms with van der Waals surface area (Å²) < 4.78 is 52.1. The van der Waals surface area contributed by atoms with Crippen LogP contribution in [0.2, 0.25) is 0 Å².